The van der Waals surface area contributed by atoms with Crippen molar-refractivity contribution in [3.8, 4) is 45.4 Å². The third-order valence-corrected chi connectivity index (χ3v) is 10.6. The van der Waals surface area contributed by atoms with Crippen LogP contribution < -0.4 is 0 Å². The zero-order valence-corrected chi connectivity index (χ0v) is 29.0. The van der Waals surface area contributed by atoms with Crippen molar-refractivity contribution in [2.24, 2.45) is 0 Å². The molecule has 1 aromatic heterocycles. The highest BCUT2D eigenvalue weighted by atomic mass is 15.1. The number of aromatic nitrogens is 2. The van der Waals surface area contributed by atoms with Crippen LogP contribution in [0.1, 0.15) is 24.0 Å². The van der Waals surface area contributed by atoms with E-state index in [2.05, 4.69) is 168 Å². The van der Waals surface area contributed by atoms with Crippen molar-refractivity contribution in [3.63, 3.8) is 0 Å². The fourth-order valence-electron chi connectivity index (χ4n) is 8.14. The van der Waals surface area contributed by atoms with Gasteiger partial charge < -0.3 is 0 Å². The number of imidazole rings is 1. The second-order valence-corrected chi connectivity index (χ2v) is 13.8. The number of benzene rings is 8. The summed E-state index contributed by atoms with van der Waals surface area (Å²) < 4.78 is 2.23. The summed E-state index contributed by atoms with van der Waals surface area (Å²) in [5, 5.41) is 17.1. The van der Waals surface area contributed by atoms with Crippen molar-refractivity contribution in [2.45, 2.75) is 12.8 Å². The van der Waals surface area contributed by atoms with Crippen LogP contribution in [0.2, 0.25) is 0 Å². The summed E-state index contributed by atoms with van der Waals surface area (Å²) in [5.74, 6) is 0.848. The molecule has 8 aromatic carbocycles. The number of hydrogen-bond acceptors (Lipinski definition) is 2. The molecule has 0 aliphatic heterocycles. The molecule has 0 unspecified atom stereocenters. The third-order valence-electron chi connectivity index (χ3n) is 10.6. The summed E-state index contributed by atoms with van der Waals surface area (Å²) in [5.41, 5.74) is 11.7. The molecule has 3 nitrogen and oxygen atoms in total. The van der Waals surface area contributed by atoms with E-state index in [4.69, 9.17) is 4.98 Å². The maximum absolute atomic E-state index is 9.70. The molecule has 53 heavy (non-hydrogen) atoms. The molecule has 0 atom stereocenters. The quantitative estimate of drug-likeness (QED) is 0.170. The number of fused-ring (bicyclic) bond motifs is 4. The average Bonchev–Trinajstić information content (AvgIpc) is 3.62. The Bertz CT molecular complexity index is 2950. The Kier molecular flexibility index (Phi) is 7.34. The molecule has 0 spiro atoms. The Morgan fingerprint density at radius 1 is 0.528 bits per heavy atom. The Morgan fingerprint density at radius 2 is 1.19 bits per heavy atom. The van der Waals surface area contributed by atoms with Gasteiger partial charge in [0.05, 0.1) is 22.7 Å². The minimum atomic E-state index is 0.598. The normalized spacial score (nSPS) is 12.8. The molecule has 3 heteroatoms. The molecule has 1 heterocycles. The summed E-state index contributed by atoms with van der Waals surface area (Å²) in [7, 11) is 0. The summed E-state index contributed by atoms with van der Waals surface area (Å²) in [6.07, 6.45) is 8.89. The van der Waals surface area contributed by atoms with E-state index in [9.17, 15) is 5.26 Å². The molecule has 0 radical (unpaired) electrons. The fraction of sp³-hybridized carbons (Fsp3) is 0.0400. The largest absolute Gasteiger partial charge is 0.292 e. The topological polar surface area (TPSA) is 41.6 Å². The first-order chi connectivity index (χ1) is 26.2. The summed E-state index contributed by atoms with van der Waals surface area (Å²) in [4.78, 5) is 5.15. The molecule has 0 fully saturated rings. The van der Waals surface area contributed by atoms with E-state index in [1.807, 2.05) is 18.2 Å². The van der Waals surface area contributed by atoms with Crippen LogP contribution in [0.5, 0.6) is 0 Å². The predicted octanol–water partition coefficient (Wildman–Crippen LogP) is 13.1. The van der Waals surface area contributed by atoms with E-state index < -0.39 is 0 Å². The minimum absolute atomic E-state index is 0.598. The lowest BCUT2D eigenvalue weighted by Gasteiger charge is -2.18. The van der Waals surface area contributed by atoms with E-state index in [-0.39, 0.29) is 0 Å². The first-order valence-corrected chi connectivity index (χ1v) is 18.2. The molecule has 9 aromatic rings. The fourth-order valence-corrected chi connectivity index (χ4v) is 8.14. The second kappa shape index (κ2) is 12.6. The van der Waals surface area contributed by atoms with Gasteiger partial charge in [0, 0.05) is 11.3 Å². The zero-order valence-electron chi connectivity index (χ0n) is 29.0. The van der Waals surface area contributed by atoms with Crippen LogP contribution in [0.4, 0.5) is 0 Å². The molecule has 0 N–H and O–H groups in total. The number of nitriles is 1. The molecule has 10 rings (SSSR count). The van der Waals surface area contributed by atoms with Gasteiger partial charge in [-0.2, -0.15) is 5.26 Å². The lowest BCUT2D eigenvalue weighted by Crippen LogP contribution is -1.98. The van der Waals surface area contributed by atoms with Crippen molar-refractivity contribution in [3.05, 3.63) is 187 Å². The Labute approximate surface area is 308 Å². The number of nitrogens with zero attached hydrogens (tertiary/aromatic N) is 3. The summed E-state index contributed by atoms with van der Waals surface area (Å²) >= 11 is 0. The number of hydrogen-bond donors (Lipinski definition) is 0. The monoisotopic (exact) mass is 675 g/mol. The number of allylic oxidation sites excluding steroid dienone is 4. The average molecular weight is 676 g/mol. The van der Waals surface area contributed by atoms with E-state index in [1.54, 1.807) is 0 Å². The van der Waals surface area contributed by atoms with Crippen molar-refractivity contribution < 1.29 is 0 Å². The van der Waals surface area contributed by atoms with Crippen molar-refractivity contribution in [1.82, 2.24) is 9.55 Å². The van der Waals surface area contributed by atoms with Crippen LogP contribution in [-0.4, -0.2) is 9.55 Å². The number of rotatable bonds is 5. The van der Waals surface area contributed by atoms with E-state index in [0.29, 0.717) is 5.56 Å². The molecule has 0 bridgehead atoms. The third kappa shape index (κ3) is 5.24. The van der Waals surface area contributed by atoms with E-state index in [1.165, 1.54) is 60.1 Å². The zero-order chi connectivity index (χ0) is 35.3. The highest BCUT2D eigenvalue weighted by Gasteiger charge is 2.19. The first-order valence-electron chi connectivity index (χ1n) is 18.2. The molecule has 0 saturated carbocycles. The van der Waals surface area contributed by atoms with Gasteiger partial charge in [0.1, 0.15) is 5.82 Å². The Morgan fingerprint density at radius 3 is 1.89 bits per heavy atom. The van der Waals surface area contributed by atoms with Crippen LogP contribution in [0.3, 0.4) is 0 Å². The molecular formula is C50H33N3. The highest BCUT2D eigenvalue weighted by molar-refractivity contribution is 6.21. The minimum Gasteiger partial charge on any atom is -0.292 e. The van der Waals surface area contributed by atoms with Gasteiger partial charge in [0.15, 0.2) is 0 Å². The maximum Gasteiger partial charge on any atom is 0.145 e. The van der Waals surface area contributed by atoms with Gasteiger partial charge >= 0.3 is 0 Å². The summed E-state index contributed by atoms with van der Waals surface area (Å²) in [6.45, 7) is 0. The van der Waals surface area contributed by atoms with Gasteiger partial charge in [-0.1, -0.05) is 133 Å². The lowest BCUT2D eigenvalue weighted by atomic mass is 9.85. The van der Waals surface area contributed by atoms with Gasteiger partial charge in [-0.3, -0.25) is 4.57 Å². The van der Waals surface area contributed by atoms with Gasteiger partial charge in [0.2, 0.25) is 0 Å². The van der Waals surface area contributed by atoms with Gasteiger partial charge in [-0.15, -0.1) is 0 Å². The maximum atomic E-state index is 9.70. The molecule has 1 aliphatic rings. The second-order valence-electron chi connectivity index (χ2n) is 13.8. The molecule has 0 amide bonds. The van der Waals surface area contributed by atoms with Gasteiger partial charge in [0.25, 0.3) is 0 Å². The van der Waals surface area contributed by atoms with Crippen LogP contribution in [0, 0.1) is 11.3 Å². The van der Waals surface area contributed by atoms with Crippen molar-refractivity contribution >= 4 is 48.9 Å². The van der Waals surface area contributed by atoms with Crippen LogP contribution in [-0.2, 0) is 0 Å². The van der Waals surface area contributed by atoms with E-state index in [0.717, 1.165) is 46.5 Å². The first kappa shape index (κ1) is 30.8. The standard InChI is InChI=1S/C50H33N3/c51-32-33-21-28-47-46(29-33)52-50(40-16-10-15-38(31-40)34-11-2-1-3-12-34)53(47)41-26-24-36(25-27-41)48-42-17-6-8-19-44(42)49(45-20-9-7-18-43(45)48)39-23-22-35-13-4-5-14-37(35)30-39/h2,4-31H,1,3H2. The van der Waals surface area contributed by atoms with E-state index >= 15 is 0 Å². The SMILES string of the molecule is N#Cc1ccc2c(c1)nc(-c1cccc(C3=CCCC=C3)c1)n2-c1ccc(-c2c3ccccc3c(-c3ccc4ccccc4c3)c3ccccc23)cc1. The Hall–Kier alpha value is -7.02. The van der Waals surface area contributed by atoms with Crippen LogP contribution >= 0.6 is 0 Å². The Balaban J connectivity index is 1.15. The summed E-state index contributed by atoms with van der Waals surface area (Å²) in [6, 6.07) is 58.6. The van der Waals surface area contributed by atoms with Gasteiger partial charge in [-0.05, 0) is 121 Å². The molecule has 248 valence electrons. The van der Waals surface area contributed by atoms with Crippen LogP contribution in [0.25, 0.3) is 88.3 Å². The smallest absolute Gasteiger partial charge is 0.145 e. The lowest BCUT2D eigenvalue weighted by molar-refractivity contribution is 1.04. The van der Waals surface area contributed by atoms with Crippen LogP contribution in [0.15, 0.2) is 176 Å². The molecule has 1 aliphatic carbocycles. The highest BCUT2D eigenvalue weighted by Crippen LogP contribution is 2.44. The molecular weight excluding hydrogens is 643 g/mol. The van der Waals surface area contributed by atoms with Gasteiger partial charge in [-0.25, -0.2) is 4.98 Å². The van der Waals surface area contributed by atoms with Crippen molar-refractivity contribution in [2.75, 3.05) is 0 Å². The van der Waals surface area contributed by atoms with Crippen molar-refractivity contribution in [1.29, 1.82) is 5.26 Å². The molecule has 0 saturated heterocycles. The predicted molar refractivity (Wildman–Crippen MR) is 221 cm³/mol.